The second-order valence-electron chi connectivity index (χ2n) is 5.36. The summed E-state index contributed by atoms with van der Waals surface area (Å²) in [6.45, 7) is 0. The number of halogens is 2. The lowest BCUT2D eigenvalue weighted by molar-refractivity contribution is 0.0381. The second-order valence-corrected chi connectivity index (χ2v) is 6.28. The van der Waals surface area contributed by atoms with E-state index in [0.717, 1.165) is 22.0 Å². The van der Waals surface area contributed by atoms with Gasteiger partial charge in [-0.05, 0) is 59.9 Å². The Hall–Kier alpha value is -1.39. The average Bonchev–Trinajstić information content (AvgIpc) is 2.71. The first-order valence-electron chi connectivity index (χ1n) is 6.53. The Morgan fingerprint density at radius 3 is 2.85 bits per heavy atom. The molecule has 0 aliphatic heterocycles. The van der Waals surface area contributed by atoms with Gasteiger partial charge in [0.15, 0.2) is 0 Å². The van der Waals surface area contributed by atoms with Gasteiger partial charge in [0, 0.05) is 16.6 Å². The Kier molecular flexibility index (Phi) is 3.30. The molecular formula is C16H15BrFNO. The van der Waals surface area contributed by atoms with Crippen molar-refractivity contribution in [3.63, 3.8) is 0 Å². The summed E-state index contributed by atoms with van der Waals surface area (Å²) >= 11 is 3.34. The van der Waals surface area contributed by atoms with Crippen LogP contribution in [0.3, 0.4) is 0 Å². The van der Waals surface area contributed by atoms with Crippen molar-refractivity contribution >= 4 is 21.6 Å². The number of aryl methyl sites for hydroxylation is 1. The number of hydrogen-bond donors (Lipinski definition) is 2. The van der Waals surface area contributed by atoms with Crippen molar-refractivity contribution in [2.75, 3.05) is 5.73 Å². The lowest BCUT2D eigenvalue weighted by Crippen LogP contribution is -2.26. The highest BCUT2D eigenvalue weighted by molar-refractivity contribution is 9.10. The van der Waals surface area contributed by atoms with Gasteiger partial charge in [0.2, 0.25) is 0 Å². The lowest BCUT2D eigenvalue weighted by atomic mass is 9.88. The van der Waals surface area contributed by atoms with Crippen LogP contribution in [0.4, 0.5) is 10.1 Å². The van der Waals surface area contributed by atoms with Gasteiger partial charge in [-0.25, -0.2) is 4.39 Å². The van der Waals surface area contributed by atoms with Crippen molar-refractivity contribution in [3.8, 4) is 0 Å². The zero-order valence-electron chi connectivity index (χ0n) is 10.9. The highest BCUT2D eigenvalue weighted by Gasteiger charge is 2.37. The fourth-order valence-electron chi connectivity index (χ4n) is 2.93. The molecule has 104 valence electrons. The van der Waals surface area contributed by atoms with Gasteiger partial charge >= 0.3 is 0 Å². The fourth-order valence-corrected chi connectivity index (χ4v) is 3.34. The third-order valence-electron chi connectivity index (χ3n) is 3.93. The molecule has 1 unspecified atom stereocenters. The van der Waals surface area contributed by atoms with Crippen LogP contribution in [0, 0.1) is 5.82 Å². The molecule has 20 heavy (non-hydrogen) atoms. The van der Waals surface area contributed by atoms with E-state index in [9.17, 15) is 9.50 Å². The maximum absolute atomic E-state index is 13.9. The SMILES string of the molecule is Nc1ccc2c(c1)CCC2(O)Cc1cc(Br)ccc1F. The van der Waals surface area contributed by atoms with Gasteiger partial charge in [-0.2, -0.15) is 0 Å². The zero-order chi connectivity index (χ0) is 14.3. The first-order chi connectivity index (χ1) is 9.48. The fraction of sp³-hybridized carbons (Fsp3) is 0.250. The van der Waals surface area contributed by atoms with Gasteiger partial charge < -0.3 is 10.8 Å². The first-order valence-corrected chi connectivity index (χ1v) is 7.32. The molecule has 0 radical (unpaired) electrons. The molecule has 0 amide bonds. The van der Waals surface area contributed by atoms with E-state index < -0.39 is 5.60 Å². The van der Waals surface area contributed by atoms with Crippen molar-refractivity contribution in [1.82, 2.24) is 0 Å². The Bertz CT molecular complexity index is 674. The van der Waals surface area contributed by atoms with Crippen molar-refractivity contribution in [3.05, 3.63) is 63.4 Å². The van der Waals surface area contributed by atoms with Crippen LogP contribution in [0.25, 0.3) is 0 Å². The number of nitrogens with two attached hydrogens (primary N) is 1. The molecule has 3 rings (SSSR count). The Morgan fingerprint density at radius 2 is 2.05 bits per heavy atom. The minimum absolute atomic E-state index is 0.273. The molecular weight excluding hydrogens is 321 g/mol. The van der Waals surface area contributed by atoms with E-state index in [1.165, 1.54) is 6.07 Å². The highest BCUT2D eigenvalue weighted by atomic mass is 79.9. The van der Waals surface area contributed by atoms with E-state index in [2.05, 4.69) is 15.9 Å². The molecule has 0 spiro atoms. The lowest BCUT2D eigenvalue weighted by Gasteiger charge is -2.24. The molecule has 0 heterocycles. The number of benzene rings is 2. The maximum Gasteiger partial charge on any atom is 0.126 e. The molecule has 1 aliphatic carbocycles. The quantitative estimate of drug-likeness (QED) is 0.824. The molecule has 1 aliphatic rings. The minimum atomic E-state index is -1.01. The summed E-state index contributed by atoms with van der Waals surface area (Å²) in [6, 6.07) is 10.3. The molecule has 0 bridgehead atoms. The molecule has 3 N–H and O–H groups in total. The number of anilines is 1. The molecule has 4 heteroatoms. The van der Waals surface area contributed by atoms with E-state index in [0.29, 0.717) is 17.7 Å². The molecule has 1 atom stereocenters. The van der Waals surface area contributed by atoms with Crippen LogP contribution in [-0.2, 0) is 18.4 Å². The minimum Gasteiger partial charge on any atom is -0.399 e. The second kappa shape index (κ2) is 4.86. The molecule has 0 saturated heterocycles. The van der Waals surface area contributed by atoms with Crippen LogP contribution in [0.15, 0.2) is 40.9 Å². The van der Waals surface area contributed by atoms with Crippen LogP contribution in [-0.4, -0.2) is 5.11 Å². The summed E-state index contributed by atoms with van der Waals surface area (Å²) in [7, 11) is 0. The summed E-state index contributed by atoms with van der Waals surface area (Å²) in [5, 5.41) is 10.9. The monoisotopic (exact) mass is 335 g/mol. The topological polar surface area (TPSA) is 46.2 Å². The largest absolute Gasteiger partial charge is 0.399 e. The third-order valence-corrected chi connectivity index (χ3v) is 4.42. The van der Waals surface area contributed by atoms with Crippen LogP contribution in [0.5, 0.6) is 0 Å². The van der Waals surface area contributed by atoms with Gasteiger partial charge in [0.1, 0.15) is 5.82 Å². The first kappa shape index (κ1) is 13.6. The summed E-state index contributed by atoms with van der Waals surface area (Å²) in [5.74, 6) is -0.287. The van der Waals surface area contributed by atoms with E-state index in [1.807, 2.05) is 12.1 Å². The number of hydrogen-bond acceptors (Lipinski definition) is 2. The average molecular weight is 336 g/mol. The highest BCUT2D eigenvalue weighted by Crippen LogP contribution is 2.40. The van der Waals surface area contributed by atoms with Crippen molar-refractivity contribution in [1.29, 1.82) is 0 Å². The van der Waals surface area contributed by atoms with Crippen molar-refractivity contribution < 1.29 is 9.50 Å². The van der Waals surface area contributed by atoms with Crippen molar-refractivity contribution in [2.24, 2.45) is 0 Å². The van der Waals surface area contributed by atoms with Crippen molar-refractivity contribution in [2.45, 2.75) is 24.9 Å². The molecule has 2 aromatic rings. The van der Waals surface area contributed by atoms with Crippen LogP contribution >= 0.6 is 15.9 Å². The van der Waals surface area contributed by atoms with Crippen LogP contribution in [0.2, 0.25) is 0 Å². The maximum atomic E-state index is 13.9. The number of fused-ring (bicyclic) bond motifs is 1. The summed E-state index contributed by atoms with van der Waals surface area (Å²) < 4.78 is 14.7. The Labute approximate surface area is 125 Å². The van der Waals surface area contributed by atoms with E-state index in [-0.39, 0.29) is 12.2 Å². The predicted molar refractivity (Wildman–Crippen MR) is 80.9 cm³/mol. The summed E-state index contributed by atoms with van der Waals surface area (Å²) in [6.07, 6.45) is 1.64. The number of rotatable bonds is 2. The van der Waals surface area contributed by atoms with Gasteiger partial charge in [0.05, 0.1) is 5.60 Å². The number of aliphatic hydroxyl groups is 1. The summed E-state index contributed by atoms with van der Waals surface area (Å²) in [5.41, 5.74) is 7.90. The van der Waals surface area contributed by atoms with Gasteiger partial charge in [-0.15, -0.1) is 0 Å². The normalized spacial score (nSPS) is 20.9. The molecule has 0 saturated carbocycles. The van der Waals surface area contributed by atoms with E-state index >= 15 is 0 Å². The Morgan fingerprint density at radius 1 is 1.25 bits per heavy atom. The molecule has 0 aromatic heterocycles. The van der Waals surface area contributed by atoms with E-state index in [4.69, 9.17) is 5.73 Å². The smallest absolute Gasteiger partial charge is 0.126 e. The number of nitrogen functional groups attached to an aromatic ring is 1. The molecule has 0 fully saturated rings. The molecule has 2 nitrogen and oxygen atoms in total. The molecule has 2 aromatic carbocycles. The van der Waals surface area contributed by atoms with Gasteiger partial charge in [-0.1, -0.05) is 22.0 Å². The standard InChI is InChI=1S/C16H15BrFNO/c17-12-1-4-15(18)11(7-12)9-16(20)6-5-10-8-13(19)2-3-14(10)16/h1-4,7-8,20H,5-6,9,19H2. The summed E-state index contributed by atoms with van der Waals surface area (Å²) in [4.78, 5) is 0. The van der Waals surface area contributed by atoms with E-state index in [1.54, 1.807) is 18.2 Å². The van der Waals surface area contributed by atoms with Crippen LogP contribution < -0.4 is 5.73 Å². The van der Waals surface area contributed by atoms with Gasteiger partial charge in [-0.3, -0.25) is 0 Å². The van der Waals surface area contributed by atoms with Gasteiger partial charge in [0.25, 0.3) is 0 Å². The zero-order valence-corrected chi connectivity index (χ0v) is 12.5. The Balaban J connectivity index is 1.98. The third kappa shape index (κ3) is 2.34. The van der Waals surface area contributed by atoms with Crippen LogP contribution in [0.1, 0.15) is 23.1 Å². The predicted octanol–water partition coefficient (Wildman–Crippen LogP) is 3.55.